The van der Waals surface area contributed by atoms with E-state index in [4.69, 9.17) is 10.8 Å². The van der Waals surface area contributed by atoms with E-state index in [9.17, 15) is 29.0 Å². The van der Waals surface area contributed by atoms with Crippen LogP contribution in [0.15, 0.2) is 72.8 Å². The summed E-state index contributed by atoms with van der Waals surface area (Å²) in [5, 5.41) is 27.9. The second kappa shape index (κ2) is 21.8. The van der Waals surface area contributed by atoms with Crippen LogP contribution in [0.5, 0.6) is 11.5 Å². The standard InChI is InChI=1S/C26H32N2O5.C17H26N2O2.CH3F/c1-26(2,3)33-25(32)27-17-19-5-4-6-21(15-19)20-11-13-28(14-12-20)24(31)10-8-18-7-9-22(29)23(30)16-18;1-17(2,3)21-16(20)19-12-13-5-4-6-15(11-13)14-7-9-18-10-8-14;1-2/h4-10,15-16,20,29-30H,11-14,17H2,1-3H3,(H,27,32);4-6,11,14,18H,7-10,12H2,1-3H3,(H,19,20);1H3/b10-8+;;/i;;1D. The van der Waals surface area contributed by atoms with Crippen LogP contribution in [0.3, 0.4) is 0 Å². The van der Waals surface area contributed by atoms with Crippen molar-refractivity contribution in [2.75, 3.05) is 33.3 Å². The molecule has 2 saturated heterocycles. The summed E-state index contributed by atoms with van der Waals surface area (Å²) in [6, 6.07) is 21.1. The first-order chi connectivity index (χ1) is 27.0. The summed E-state index contributed by atoms with van der Waals surface area (Å²) < 4.78 is 26.0. The fourth-order valence-electron chi connectivity index (χ4n) is 6.40. The van der Waals surface area contributed by atoms with Crippen LogP contribution in [0.1, 0.15) is 108 Å². The number of benzene rings is 3. The average Bonchev–Trinajstić information content (AvgIpc) is 3.16. The molecule has 56 heavy (non-hydrogen) atoms. The van der Waals surface area contributed by atoms with Crippen molar-refractivity contribution in [3.63, 3.8) is 0 Å². The quantitative estimate of drug-likeness (QED) is 0.113. The van der Waals surface area contributed by atoms with Crippen molar-refractivity contribution in [1.82, 2.24) is 20.9 Å². The van der Waals surface area contributed by atoms with Crippen LogP contribution in [0.25, 0.3) is 6.08 Å². The number of phenolic OH excluding ortho intramolecular Hbond substituents is 2. The lowest BCUT2D eigenvalue weighted by molar-refractivity contribution is -0.127. The van der Waals surface area contributed by atoms with Gasteiger partial charge in [-0.3, -0.25) is 9.18 Å². The summed E-state index contributed by atoms with van der Waals surface area (Å²) >= 11 is 0. The number of halogens is 1. The molecule has 12 heteroatoms. The van der Waals surface area contributed by atoms with E-state index in [1.807, 2.05) is 64.6 Å². The molecule has 2 fully saturated rings. The third-order valence-electron chi connectivity index (χ3n) is 9.08. The summed E-state index contributed by atoms with van der Waals surface area (Å²) in [6.45, 7) is 15.5. The molecule has 2 aliphatic heterocycles. The highest BCUT2D eigenvalue weighted by Crippen LogP contribution is 2.30. The maximum absolute atomic E-state index is 12.5. The largest absolute Gasteiger partial charge is 0.504 e. The fourth-order valence-corrected chi connectivity index (χ4v) is 6.40. The molecule has 2 aliphatic rings. The zero-order chi connectivity index (χ0) is 42.0. The summed E-state index contributed by atoms with van der Waals surface area (Å²) in [5.41, 5.74) is 4.37. The molecule has 2 heterocycles. The number of aromatic hydroxyl groups is 2. The van der Waals surface area contributed by atoms with Gasteiger partial charge < -0.3 is 40.5 Å². The third kappa shape index (κ3) is 16.3. The summed E-state index contributed by atoms with van der Waals surface area (Å²) in [5.74, 6) is 0.511. The summed E-state index contributed by atoms with van der Waals surface area (Å²) in [7, 11) is -1.00. The van der Waals surface area contributed by atoms with Crippen LogP contribution in [0.4, 0.5) is 14.0 Å². The molecule has 0 bridgehead atoms. The van der Waals surface area contributed by atoms with Crippen LogP contribution < -0.4 is 16.0 Å². The van der Waals surface area contributed by atoms with Crippen LogP contribution in [0.2, 0.25) is 0 Å². The minimum Gasteiger partial charge on any atom is -0.504 e. The lowest BCUT2D eigenvalue weighted by Gasteiger charge is -2.31. The Kier molecular flexibility index (Phi) is 17.0. The number of hydrogen-bond acceptors (Lipinski definition) is 8. The number of rotatable bonds is 8. The van der Waals surface area contributed by atoms with Gasteiger partial charge in [-0.1, -0.05) is 54.6 Å². The Morgan fingerprint density at radius 1 is 0.786 bits per heavy atom. The zero-order valence-electron chi connectivity index (χ0n) is 34.7. The van der Waals surface area contributed by atoms with E-state index in [2.05, 4.69) is 46.3 Å². The fraction of sp³-hybridized carbons (Fsp3) is 0.477. The molecule has 0 atom stereocenters. The van der Waals surface area contributed by atoms with E-state index in [1.54, 1.807) is 12.1 Å². The molecule has 3 aromatic carbocycles. The molecule has 3 amide bonds. The van der Waals surface area contributed by atoms with Gasteiger partial charge in [0.2, 0.25) is 5.91 Å². The highest BCUT2D eigenvalue weighted by molar-refractivity contribution is 5.92. The first-order valence-electron chi connectivity index (χ1n) is 19.8. The SMILES string of the molecule is CC(C)(C)OC(=O)NCc1cccc(C2CCN(C(=O)/C=C/c3ccc(O)c(O)c3)CC2)c1.CC(C)(C)OC(=O)NCc1cccc(C2CCNCC2)c1.[2H]CF. The van der Waals surface area contributed by atoms with E-state index in [0.29, 0.717) is 43.6 Å². The Morgan fingerprint density at radius 3 is 1.73 bits per heavy atom. The Bertz CT molecular complexity index is 1760. The van der Waals surface area contributed by atoms with Crippen molar-refractivity contribution in [3.8, 4) is 11.5 Å². The van der Waals surface area contributed by atoms with Crippen LogP contribution >= 0.6 is 0 Å². The van der Waals surface area contributed by atoms with Gasteiger partial charge in [-0.2, -0.15) is 0 Å². The Labute approximate surface area is 333 Å². The molecular weight excluding hydrogens is 716 g/mol. The molecule has 11 nitrogen and oxygen atoms in total. The molecule has 0 radical (unpaired) electrons. The topological polar surface area (TPSA) is 149 Å². The predicted molar refractivity (Wildman–Crippen MR) is 218 cm³/mol. The van der Waals surface area contributed by atoms with Gasteiger partial charge in [0.05, 0.1) is 8.52 Å². The lowest BCUT2D eigenvalue weighted by Crippen LogP contribution is -2.36. The smallest absolute Gasteiger partial charge is 0.407 e. The number of nitrogens with one attached hydrogen (secondary N) is 3. The van der Waals surface area contributed by atoms with Crippen molar-refractivity contribution in [2.45, 2.75) is 103 Å². The van der Waals surface area contributed by atoms with Gasteiger partial charge in [0.25, 0.3) is 0 Å². The molecule has 0 aliphatic carbocycles. The summed E-state index contributed by atoms with van der Waals surface area (Å²) in [4.78, 5) is 37.9. The predicted octanol–water partition coefficient (Wildman–Crippen LogP) is 8.31. The number of alkyl carbamates (subject to hydrolysis) is 2. The number of nitrogens with zero attached hydrogens (tertiary/aromatic N) is 1. The molecule has 0 spiro atoms. The van der Waals surface area contributed by atoms with E-state index in [0.717, 1.165) is 37.1 Å². The number of phenols is 2. The third-order valence-corrected chi connectivity index (χ3v) is 9.08. The second-order valence-electron chi connectivity index (χ2n) is 15.9. The number of amides is 3. The number of piperidine rings is 2. The number of ether oxygens (including phenoxy) is 2. The maximum Gasteiger partial charge on any atom is 0.407 e. The summed E-state index contributed by atoms with van der Waals surface area (Å²) in [6.07, 6.45) is 6.42. The number of likely N-dealkylation sites (tertiary alicyclic amines) is 1. The molecule has 0 aromatic heterocycles. The minimum atomic E-state index is -1.00. The zero-order valence-corrected chi connectivity index (χ0v) is 33.7. The van der Waals surface area contributed by atoms with Crippen molar-refractivity contribution >= 4 is 24.2 Å². The highest BCUT2D eigenvalue weighted by Gasteiger charge is 2.23. The monoisotopic (exact) mass is 777 g/mol. The Morgan fingerprint density at radius 2 is 1.27 bits per heavy atom. The molecule has 0 unspecified atom stereocenters. The van der Waals surface area contributed by atoms with E-state index >= 15 is 0 Å². The van der Waals surface area contributed by atoms with Gasteiger partial charge in [0.15, 0.2) is 11.5 Å². The van der Waals surface area contributed by atoms with Gasteiger partial charge in [-0.15, -0.1) is 0 Å². The van der Waals surface area contributed by atoms with Crippen molar-refractivity contribution in [1.29, 1.82) is 0 Å². The Hall–Kier alpha value is -5.10. The normalized spacial score (nSPS) is 15.3. The lowest BCUT2D eigenvalue weighted by atomic mass is 9.88. The highest BCUT2D eigenvalue weighted by atomic mass is 19.1. The first kappa shape index (κ1) is 43.6. The molecule has 306 valence electrons. The van der Waals surface area contributed by atoms with Crippen LogP contribution in [0, 0.1) is 0 Å². The van der Waals surface area contributed by atoms with Crippen molar-refractivity contribution in [2.24, 2.45) is 0 Å². The van der Waals surface area contributed by atoms with Gasteiger partial charge >= 0.3 is 12.2 Å². The molecule has 5 rings (SSSR count). The van der Waals surface area contributed by atoms with Crippen LogP contribution in [-0.2, 0) is 27.4 Å². The number of carbonyl (C=O) groups is 3. The van der Waals surface area contributed by atoms with Gasteiger partial charge in [-0.25, -0.2) is 9.59 Å². The van der Waals surface area contributed by atoms with E-state index in [-0.39, 0.29) is 23.5 Å². The number of carbonyl (C=O) groups excluding carboxylic acids is 3. The number of alkyl halides is 1. The van der Waals surface area contributed by atoms with Gasteiger partial charge in [0, 0.05) is 32.3 Å². The first-order valence-corrected chi connectivity index (χ1v) is 19.1. The van der Waals surface area contributed by atoms with Crippen molar-refractivity contribution in [3.05, 3.63) is 101 Å². The Balaban J connectivity index is 0.000000311. The van der Waals surface area contributed by atoms with E-state index in [1.165, 1.54) is 42.2 Å². The van der Waals surface area contributed by atoms with Gasteiger partial charge in [-0.05, 0) is 138 Å². The van der Waals surface area contributed by atoms with Gasteiger partial charge in [0.1, 0.15) is 11.2 Å². The average molecular weight is 778 g/mol. The molecule has 3 aromatic rings. The molecular formula is C44H61FN4O7. The maximum atomic E-state index is 12.5. The van der Waals surface area contributed by atoms with Crippen LogP contribution in [-0.4, -0.2) is 77.7 Å². The van der Waals surface area contributed by atoms with E-state index < -0.39 is 24.4 Å². The number of hydrogen-bond donors (Lipinski definition) is 5. The molecule has 5 N–H and O–H groups in total. The second-order valence-corrected chi connectivity index (χ2v) is 15.9. The molecule has 0 saturated carbocycles. The van der Waals surface area contributed by atoms with Crippen molar-refractivity contribution < 1.29 is 39.8 Å². The minimum absolute atomic E-state index is 0.0728.